The molecule has 1 aliphatic rings. The van der Waals surface area contributed by atoms with E-state index in [1.807, 2.05) is 0 Å². The van der Waals surface area contributed by atoms with Gasteiger partial charge in [0.15, 0.2) is 0 Å². The molecular weight excluding hydrogens is 90.9 g/mol. The van der Waals surface area contributed by atoms with Crippen molar-refractivity contribution in [2.45, 2.75) is 6.00 Å². The van der Waals surface area contributed by atoms with Gasteiger partial charge in [0.2, 0.25) is 0 Å². The molecule has 1 atom stereocenters. The second-order valence-corrected chi connectivity index (χ2v) is 1.48. The van der Waals surface area contributed by atoms with Gasteiger partial charge in [-0.15, -0.1) is 0 Å². The largest absolute Gasteiger partial charge is 0.383 e. The Bertz CT molecular complexity index is 51.7. The molecule has 0 amide bonds. The van der Waals surface area contributed by atoms with E-state index in [1.54, 1.807) is 0 Å². The van der Waals surface area contributed by atoms with Crippen molar-refractivity contribution in [2.24, 2.45) is 0 Å². The molecule has 2 radical (unpaired) electrons. The van der Waals surface area contributed by atoms with Gasteiger partial charge in [-0.05, 0) is 0 Å². The van der Waals surface area contributed by atoms with Gasteiger partial charge in [-0.1, -0.05) is 0 Å². The Hall–Kier alpha value is -0.0151. The van der Waals surface area contributed by atoms with Crippen LogP contribution >= 0.6 is 0 Å². The lowest BCUT2D eigenvalue weighted by molar-refractivity contribution is -0.0535. The van der Waals surface area contributed by atoms with Crippen LogP contribution in [0.25, 0.3) is 0 Å². The van der Waals surface area contributed by atoms with E-state index in [-0.39, 0.29) is 6.00 Å². The third-order valence-corrected chi connectivity index (χ3v) is 0.842. The summed E-state index contributed by atoms with van der Waals surface area (Å²) >= 11 is 0. The minimum atomic E-state index is -0.186. The van der Waals surface area contributed by atoms with Gasteiger partial charge in [-0.3, -0.25) is 0 Å². The highest BCUT2D eigenvalue weighted by atomic mass is 16.6. The molecule has 3 heteroatoms. The van der Waals surface area contributed by atoms with E-state index in [4.69, 9.17) is 17.3 Å². The van der Waals surface area contributed by atoms with Gasteiger partial charge in [0.05, 0.1) is 19.8 Å². The highest BCUT2D eigenvalue weighted by Crippen LogP contribution is 1.93. The van der Waals surface area contributed by atoms with Crippen molar-refractivity contribution < 1.29 is 9.47 Å². The van der Waals surface area contributed by atoms with E-state index in [0.29, 0.717) is 19.8 Å². The van der Waals surface area contributed by atoms with Crippen molar-refractivity contribution in [1.29, 1.82) is 0 Å². The van der Waals surface area contributed by atoms with E-state index in [1.165, 1.54) is 0 Å². The lowest BCUT2D eigenvalue weighted by Gasteiger charge is -2.18. The van der Waals surface area contributed by atoms with E-state index >= 15 is 0 Å². The van der Waals surface area contributed by atoms with E-state index < -0.39 is 0 Å². The maximum Gasteiger partial charge on any atom is 0.112 e. The minimum absolute atomic E-state index is 0.186. The van der Waals surface area contributed by atoms with Crippen LogP contribution in [0.1, 0.15) is 0 Å². The lowest BCUT2D eigenvalue weighted by Crippen LogP contribution is -2.28. The van der Waals surface area contributed by atoms with Crippen molar-refractivity contribution in [1.82, 2.24) is 0 Å². The first-order chi connectivity index (χ1) is 3.39. The molecule has 1 fully saturated rings. The van der Waals surface area contributed by atoms with Crippen molar-refractivity contribution in [3.63, 3.8) is 0 Å². The van der Waals surface area contributed by atoms with Crippen molar-refractivity contribution in [2.75, 3.05) is 19.8 Å². The van der Waals surface area contributed by atoms with Gasteiger partial charge < -0.3 is 9.47 Å². The molecule has 0 bridgehead atoms. The quantitative estimate of drug-likeness (QED) is 0.381. The van der Waals surface area contributed by atoms with Crippen LogP contribution in [0, 0.1) is 0 Å². The maximum absolute atomic E-state index is 5.29. The molecule has 1 saturated heterocycles. The van der Waals surface area contributed by atoms with Crippen LogP contribution in [-0.4, -0.2) is 33.7 Å². The summed E-state index contributed by atoms with van der Waals surface area (Å²) in [6, 6.07) is -0.186. The zero-order valence-corrected chi connectivity index (χ0v) is 4.09. The Kier molecular flexibility index (Phi) is 1.71. The van der Waals surface area contributed by atoms with Gasteiger partial charge >= 0.3 is 0 Å². The minimum Gasteiger partial charge on any atom is -0.383 e. The molecule has 1 aliphatic heterocycles. The number of hydrogen-bond acceptors (Lipinski definition) is 2. The van der Waals surface area contributed by atoms with E-state index in [0.717, 1.165) is 0 Å². The molecule has 1 heterocycles. The molecule has 1 rings (SSSR count). The van der Waals surface area contributed by atoms with Crippen LogP contribution in [0.2, 0.25) is 0 Å². The van der Waals surface area contributed by atoms with Crippen molar-refractivity contribution in [3.05, 3.63) is 0 Å². The summed E-state index contributed by atoms with van der Waals surface area (Å²) in [7, 11) is 5.29. The molecule has 0 N–H and O–H groups in total. The molecule has 38 valence electrons. The lowest BCUT2D eigenvalue weighted by atomic mass is 10.0. The summed E-state index contributed by atoms with van der Waals surface area (Å²) in [6.45, 7) is 1.87. The Morgan fingerprint density at radius 1 is 1.43 bits per heavy atom. The van der Waals surface area contributed by atoms with Crippen molar-refractivity contribution >= 4 is 7.85 Å². The zero-order valence-electron chi connectivity index (χ0n) is 4.09. The number of ether oxygens (including phenoxy) is 2. The summed E-state index contributed by atoms with van der Waals surface area (Å²) < 4.78 is 9.86. The highest BCUT2D eigenvalue weighted by Gasteiger charge is 2.05. The van der Waals surface area contributed by atoms with Gasteiger partial charge in [0, 0.05) is 6.00 Å². The number of hydrogen-bond donors (Lipinski definition) is 0. The van der Waals surface area contributed by atoms with Gasteiger partial charge in [-0.25, -0.2) is 0 Å². The molecule has 0 spiro atoms. The average molecular weight is 97.9 g/mol. The summed E-state index contributed by atoms with van der Waals surface area (Å²) in [5.41, 5.74) is 0. The van der Waals surface area contributed by atoms with Crippen LogP contribution in [-0.2, 0) is 9.47 Å². The maximum atomic E-state index is 5.29. The predicted molar refractivity (Wildman–Crippen MR) is 26.3 cm³/mol. The standard InChI is InChI=1S/C4H7BO2/c5-4-3-6-1-2-7-4/h4H,1-3H2. The Morgan fingerprint density at radius 3 is 2.57 bits per heavy atom. The Balaban J connectivity index is 2.12. The fourth-order valence-electron chi connectivity index (χ4n) is 0.506. The molecule has 1 unspecified atom stereocenters. The van der Waals surface area contributed by atoms with E-state index in [9.17, 15) is 0 Å². The molecule has 7 heavy (non-hydrogen) atoms. The smallest absolute Gasteiger partial charge is 0.112 e. The topological polar surface area (TPSA) is 18.5 Å². The molecule has 0 aromatic carbocycles. The van der Waals surface area contributed by atoms with Gasteiger partial charge in [-0.2, -0.15) is 0 Å². The number of rotatable bonds is 0. The Morgan fingerprint density at radius 2 is 2.29 bits per heavy atom. The van der Waals surface area contributed by atoms with Crippen LogP contribution in [0.4, 0.5) is 0 Å². The highest BCUT2D eigenvalue weighted by molar-refractivity contribution is 6.11. The van der Waals surface area contributed by atoms with E-state index in [2.05, 4.69) is 0 Å². The van der Waals surface area contributed by atoms with Gasteiger partial charge in [0.1, 0.15) is 7.85 Å². The summed E-state index contributed by atoms with van der Waals surface area (Å²) in [4.78, 5) is 0. The first kappa shape index (κ1) is 5.13. The third kappa shape index (κ3) is 1.49. The first-order valence-electron chi connectivity index (χ1n) is 2.34. The fraction of sp³-hybridized carbons (Fsp3) is 1.00. The van der Waals surface area contributed by atoms with Crippen LogP contribution in [0.5, 0.6) is 0 Å². The molecule has 0 saturated carbocycles. The molecule has 0 aliphatic carbocycles. The van der Waals surface area contributed by atoms with Crippen molar-refractivity contribution in [3.8, 4) is 0 Å². The first-order valence-corrected chi connectivity index (χ1v) is 2.34. The summed E-state index contributed by atoms with van der Waals surface area (Å²) in [6.07, 6.45) is 0. The Labute approximate surface area is 44.2 Å². The molecular formula is C4H7BO2. The molecule has 0 aromatic heterocycles. The second-order valence-electron chi connectivity index (χ2n) is 1.48. The van der Waals surface area contributed by atoms with Crippen LogP contribution < -0.4 is 0 Å². The molecule has 2 nitrogen and oxygen atoms in total. The molecule has 0 aromatic rings. The zero-order chi connectivity index (χ0) is 5.11. The monoisotopic (exact) mass is 98.1 g/mol. The normalized spacial score (nSPS) is 32.9. The third-order valence-electron chi connectivity index (χ3n) is 0.842. The summed E-state index contributed by atoms with van der Waals surface area (Å²) in [5, 5.41) is 0. The fourth-order valence-corrected chi connectivity index (χ4v) is 0.506. The SMILES string of the molecule is [B]C1COCCO1. The average Bonchev–Trinajstić information content (AvgIpc) is 1.69. The van der Waals surface area contributed by atoms with Gasteiger partial charge in [0.25, 0.3) is 0 Å². The second kappa shape index (κ2) is 2.33. The van der Waals surface area contributed by atoms with Crippen LogP contribution in [0.15, 0.2) is 0 Å². The summed E-state index contributed by atoms with van der Waals surface area (Å²) in [5.74, 6) is 0. The van der Waals surface area contributed by atoms with Crippen LogP contribution in [0.3, 0.4) is 0 Å². The predicted octanol–water partition coefficient (Wildman–Crippen LogP) is -0.472.